The molecule has 0 aliphatic carbocycles. The fourth-order valence-corrected chi connectivity index (χ4v) is 1.80. The summed E-state index contributed by atoms with van der Waals surface area (Å²) in [6.45, 7) is 0.703. The maximum Gasteiger partial charge on any atom is 0.416 e. The summed E-state index contributed by atoms with van der Waals surface area (Å²) in [6, 6.07) is 5.89. The van der Waals surface area contributed by atoms with E-state index in [1.807, 2.05) is 0 Å². The largest absolute Gasteiger partial charge is 0.416 e. The Kier molecular flexibility index (Phi) is 5.69. The van der Waals surface area contributed by atoms with Crippen molar-refractivity contribution in [3.8, 4) is 0 Å². The molecule has 0 radical (unpaired) electrons. The second-order valence-corrected chi connectivity index (χ2v) is 4.74. The first-order valence-electron chi connectivity index (χ1n) is 6.93. The number of carbonyl (C=O) groups is 1. The minimum atomic E-state index is -4.39. The van der Waals surface area contributed by atoms with Gasteiger partial charge in [-0.3, -0.25) is 4.79 Å². The Balaban J connectivity index is 2.05. The minimum absolute atomic E-state index is 0.135. The second-order valence-electron chi connectivity index (χ2n) is 4.74. The van der Waals surface area contributed by atoms with Crippen LogP contribution in [0.4, 0.5) is 24.7 Å². The summed E-state index contributed by atoms with van der Waals surface area (Å²) in [5.41, 5.74) is -0.197. The van der Waals surface area contributed by atoms with Crippen molar-refractivity contribution in [2.24, 2.45) is 0 Å². The lowest BCUT2D eigenvalue weighted by Gasteiger charge is -2.09. The number of aromatic nitrogens is 2. The monoisotopic (exact) mass is 340 g/mol. The molecule has 1 aromatic heterocycles. The Labute approximate surface area is 136 Å². The van der Waals surface area contributed by atoms with Gasteiger partial charge in [0.05, 0.1) is 12.2 Å². The van der Waals surface area contributed by atoms with Gasteiger partial charge in [-0.2, -0.15) is 13.2 Å². The van der Waals surface area contributed by atoms with E-state index in [4.69, 9.17) is 4.74 Å². The lowest BCUT2D eigenvalue weighted by Crippen LogP contribution is -2.27. The van der Waals surface area contributed by atoms with Crippen LogP contribution in [0.3, 0.4) is 0 Å². The zero-order valence-corrected chi connectivity index (χ0v) is 12.7. The molecule has 0 spiro atoms. The van der Waals surface area contributed by atoms with E-state index >= 15 is 0 Å². The third-order valence-electron chi connectivity index (χ3n) is 2.98. The number of alkyl halides is 3. The summed E-state index contributed by atoms with van der Waals surface area (Å²) >= 11 is 0. The van der Waals surface area contributed by atoms with Gasteiger partial charge in [0.15, 0.2) is 0 Å². The molecule has 2 N–H and O–H groups in total. The molecule has 2 rings (SSSR count). The van der Waals surface area contributed by atoms with Crippen molar-refractivity contribution >= 4 is 17.4 Å². The molecule has 1 heterocycles. The van der Waals surface area contributed by atoms with Crippen LogP contribution in [0.2, 0.25) is 0 Å². The SMILES string of the molecule is COCCNC(=O)c1cc(Nc2ccc(C(F)(F)F)cc2)ncn1. The standard InChI is InChI=1S/C15H15F3N4O2/c1-24-7-6-19-14(23)12-8-13(21-9-20-12)22-11-4-2-10(3-5-11)15(16,17)18/h2-5,8-9H,6-7H2,1H3,(H,19,23)(H,20,21,22). The molecule has 1 amide bonds. The molecule has 128 valence electrons. The third kappa shape index (κ3) is 4.92. The summed E-state index contributed by atoms with van der Waals surface area (Å²) in [6.07, 6.45) is -3.20. The highest BCUT2D eigenvalue weighted by molar-refractivity contribution is 5.92. The lowest BCUT2D eigenvalue weighted by atomic mass is 10.2. The molecule has 1 aromatic carbocycles. The quantitative estimate of drug-likeness (QED) is 0.791. The number of amides is 1. The first-order valence-corrected chi connectivity index (χ1v) is 6.93. The number of benzene rings is 1. The number of hydrogen-bond donors (Lipinski definition) is 2. The molecule has 0 atom stereocenters. The number of nitrogens with zero attached hydrogens (tertiary/aromatic N) is 2. The van der Waals surface area contributed by atoms with Gasteiger partial charge in [0.1, 0.15) is 17.8 Å². The lowest BCUT2D eigenvalue weighted by molar-refractivity contribution is -0.137. The average Bonchev–Trinajstić information content (AvgIpc) is 2.55. The predicted octanol–water partition coefficient (Wildman–Crippen LogP) is 2.62. The molecule has 0 saturated carbocycles. The molecular formula is C15H15F3N4O2. The van der Waals surface area contributed by atoms with Crippen molar-refractivity contribution in [1.82, 2.24) is 15.3 Å². The van der Waals surface area contributed by atoms with Gasteiger partial charge in [-0.15, -0.1) is 0 Å². The minimum Gasteiger partial charge on any atom is -0.383 e. The number of anilines is 2. The van der Waals surface area contributed by atoms with Gasteiger partial charge >= 0.3 is 6.18 Å². The number of nitrogens with one attached hydrogen (secondary N) is 2. The maximum atomic E-state index is 12.5. The Morgan fingerprint density at radius 2 is 1.92 bits per heavy atom. The van der Waals surface area contributed by atoms with Crippen LogP contribution in [0.5, 0.6) is 0 Å². The van der Waals surface area contributed by atoms with E-state index in [-0.39, 0.29) is 5.69 Å². The second kappa shape index (κ2) is 7.73. The molecule has 6 nitrogen and oxygen atoms in total. The normalized spacial score (nSPS) is 11.2. The summed E-state index contributed by atoms with van der Waals surface area (Å²) in [4.78, 5) is 19.7. The van der Waals surface area contributed by atoms with E-state index in [0.717, 1.165) is 12.1 Å². The summed E-state index contributed by atoms with van der Waals surface area (Å²) in [5.74, 6) is -0.105. The van der Waals surface area contributed by atoms with Crippen molar-refractivity contribution in [2.45, 2.75) is 6.18 Å². The van der Waals surface area contributed by atoms with E-state index in [9.17, 15) is 18.0 Å². The van der Waals surface area contributed by atoms with Gasteiger partial charge in [0, 0.05) is 25.4 Å². The fourth-order valence-electron chi connectivity index (χ4n) is 1.80. The predicted molar refractivity (Wildman–Crippen MR) is 81.0 cm³/mol. The topological polar surface area (TPSA) is 76.1 Å². The van der Waals surface area contributed by atoms with Crippen molar-refractivity contribution < 1.29 is 22.7 Å². The molecule has 0 unspecified atom stereocenters. The van der Waals surface area contributed by atoms with Crippen molar-refractivity contribution in [2.75, 3.05) is 25.6 Å². The molecule has 0 aliphatic heterocycles. The van der Waals surface area contributed by atoms with Gasteiger partial charge in [-0.25, -0.2) is 9.97 Å². The maximum absolute atomic E-state index is 12.5. The van der Waals surface area contributed by atoms with Gasteiger partial charge < -0.3 is 15.4 Å². The van der Waals surface area contributed by atoms with Crippen molar-refractivity contribution in [3.05, 3.63) is 47.9 Å². The summed E-state index contributed by atoms with van der Waals surface area (Å²) in [5, 5.41) is 5.43. The Bertz CT molecular complexity index is 690. The van der Waals surface area contributed by atoms with Gasteiger partial charge in [-0.1, -0.05) is 0 Å². The van der Waals surface area contributed by atoms with E-state index in [1.54, 1.807) is 0 Å². The van der Waals surface area contributed by atoms with E-state index in [2.05, 4.69) is 20.6 Å². The van der Waals surface area contributed by atoms with E-state index in [0.29, 0.717) is 24.7 Å². The van der Waals surface area contributed by atoms with E-state index < -0.39 is 17.6 Å². The van der Waals surface area contributed by atoms with Crippen LogP contribution < -0.4 is 10.6 Å². The highest BCUT2D eigenvalue weighted by Crippen LogP contribution is 2.30. The van der Waals surface area contributed by atoms with Crippen LogP contribution in [0.1, 0.15) is 16.1 Å². The smallest absolute Gasteiger partial charge is 0.383 e. The molecule has 2 aromatic rings. The van der Waals surface area contributed by atoms with E-state index in [1.165, 1.54) is 31.6 Å². The highest BCUT2D eigenvalue weighted by Gasteiger charge is 2.29. The average molecular weight is 340 g/mol. The zero-order valence-electron chi connectivity index (χ0n) is 12.7. The third-order valence-corrected chi connectivity index (χ3v) is 2.98. The van der Waals surface area contributed by atoms with Crippen molar-refractivity contribution in [3.63, 3.8) is 0 Å². The first-order chi connectivity index (χ1) is 11.4. The Morgan fingerprint density at radius 1 is 1.21 bits per heavy atom. The molecule has 0 bridgehead atoms. The van der Waals surface area contributed by atoms with Gasteiger partial charge in [0.25, 0.3) is 5.91 Å². The number of rotatable bonds is 6. The summed E-state index contributed by atoms with van der Waals surface area (Å²) in [7, 11) is 1.52. The number of methoxy groups -OCH3 is 1. The molecule has 0 saturated heterocycles. The Morgan fingerprint density at radius 3 is 2.54 bits per heavy atom. The molecule has 9 heteroatoms. The fraction of sp³-hybridized carbons (Fsp3) is 0.267. The summed E-state index contributed by atoms with van der Waals surface area (Å²) < 4.78 is 42.4. The number of hydrogen-bond acceptors (Lipinski definition) is 5. The van der Waals surface area contributed by atoms with Crippen LogP contribution >= 0.6 is 0 Å². The number of carbonyl (C=O) groups excluding carboxylic acids is 1. The van der Waals surface area contributed by atoms with Gasteiger partial charge in [0.2, 0.25) is 0 Å². The Hall–Kier alpha value is -2.68. The number of halogens is 3. The molecule has 0 aliphatic rings. The van der Waals surface area contributed by atoms with Crippen LogP contribution in [-0.4, -0.2) is 36.1 Å². The molecule has 24 heavy (non-hydrogen) atoms. The van der Waals surface area contributed by atoms with Gasteiger partial charge in [-0.05, 0) is 24.3 Å². The molecular weight excluding hydrogens is 325 g/mol. The molecule has 0 fully saturated rings. The van der Waals surface area contributed by atoms with Crippen LogP contribution in [0, 0.1) is 0 Å². The van der Waals surface area contributed by atoms with Crippen molar-refractivity contribution in [1.29, 1.82) is 0 Å². The zero-order chi connectivity index (χ0) is 17.6. The van der Waals surface area contributed by atoms with Crippen LogP contribution in [0.25, 0.3) is 0 Å². The highest BCUT2D eigenvalue weighted by atomic mass is 19.4. The van der Waals surface area contributed by atoms with Crippen LogP contribution in [0.15, 0.2) is 36.7 Å². The number of ether oxygens (including phenoxy) is 1. The van der Waals surface area contributed by atoms with Crippen LogP contribution in [-0.2, 0) is 10.9 Å². The first kappa shape index (κ1) is 17.7.